The third-order valence-corrected chi connectivity index (χ3v) is 2.91. The van der Waals surface area contributed by atoms with Gasteiger partial charge in [0.05, 0.1) is 0 Å². The smallest absolute Gasteiger partial charge is 0.350 e. The van der Waals surface area contributed by atoms with Gasteiger partial charge in [-0.05, 0) is 12.0 Å². The lowest BCUT2D eigenvalue weighted by atomic mass is 10.0. The van der Waals surface area contributed by atoms with E-state index in [1.165, 1.54) is 5.32 Å². The molecule has 1 N–H and O–H groups in total. The second kappa shape index (κ2) is 6.71. The van der Waals surface area contributed by atoms with E-state index in [9.17, 15) is 39.9 Å². The summed E-state index contributed by atoms with van der Waals surface area (Å²) in [5.41, 5.74) is 0.556. The Morgan fingerprint density at radius 1 is 1.00 bits per heavy atom. The van der Waals surface area contributed by atoms with Crippen LogP contribution < -0.4 is 5.32 Å². The standard InChI is InChI=1S/C13H11F8NO/c14-9(15)11(16,17)13(20,21)12(18,19)10(23)22-7-6-8-4-2-1-3-5-8/h1-5,9H,6-7H2,(H,22,23). The van der Waals surface area contributed by atoms with Gasteiger partial charge in [-0.1, -0.05) is 30.3 Å². The largest absolute Gasteiger partial charge is 0.392 e. The van der Waals surface area contributed by atoms with Gasteiger partial charge in [0, 0.05) is 6.54 Å². The lowest BCUT2D eigenvalue weighted by molar-refractivity contribution is -0.327. The third-order valence-electron chi connectivity index (χ3n) is 2.91. The molecule has 23 heavy (non-hydrogen) atoms. The molecular weight excluding hydrogens is 338 g/mol. The molecule has 0 bridgehead atoms. The van der Waals surface area contributed by atoms with Crippen molar-refractivity contribution in [2.75, 3.05) is 6.54 Å². The van der Waals surface area contributed by atoms with Crippen LogP contribution in [0.3, 0.4) is 0 Å². The number of carbonyl (C=O) groups excluding carboxylic acids is 1. The minimum Gasteiger partial charge on any atom is -0.350 e. The van der Waals surface area contributed by atoms with Crippen molar-refractivity contribution in [3.05, 3.63) is 35.9 Å². The molecule has 0 aliphatic rings. The summed E-state index contributed by atoms with van der Waals surface area (Å²) in [6.07, 6.45) is -5.10. The number of hydrogen-bond acceptors (Lipinski definition) is 1. The first kappa shape index (κ1) is 19.2. The quantitative estimate of drug-likeness (QED) is 0.750. The van der Waals surface area contributed by atoms with Gasteiger partial charge in [-0.2, -0.15) is 26.3 Å². The second-order valence-electron chi connectivity index (χ2n) is 4.56. The molecule has 0 aliphatic heterocycles. The van der Waals surface area contributed by atoms with Crippen molar-refractivity contribution in [2.24, 2.45) is 0 Å². The Kier molecular flexibility index (Phi) is 5.60. The number of halogens is 8. The van der Waals surface area contributed by atoms with E-state index in [0.29, 0.717) is 5.56 Å². The maximum absolute atomic E-state index is 13.2. The van der Waals surface area contributed by atoms with Crippen LogP contribution in [0.2, 0.25) is 0 Å². The van der Waals surface area contributed by atoms with E-state index in [1.807, 2.05) is 0 Å². The molecule has 1 aromatic rings. The fraction of sp³-hybridized carbons (Fsp3) is 0.462. The molecular formula is C13H11F8NO. The normalized spacial score (nSPS) is 13.3. The molecule has 0 saturated heterocycles. The van der Waals surface area contributed by atoms with Gasteiger partial charge in [0.25, 0.3) is 5.91 Å². The molecule has 1 amide bonds. The van der Waals surface area contributed by atoms with E-state index in [0.717, 1.165) is 0 Å². The van der Waals surface area contributed by atoms with Crippen LogP contribution in [0.15, 0.2) is 30.3 Å². The van der Waals surface area contributed by atoms with Crippen LogP contribution in [0.5, 0.6) is 0 Å². The van der Waals surface area contributed by atoms with E-state index >= 15 is 0 Å². The van der Waals surface area contributed by atoms with Crippen LogP contribution in [0, 0.1) is 0 Å². The Labute approximate surface area is 125 Å². The van der Waals surface area contributed by atoms with Crippen molar-refractivity contribution < 1.29 is 39.9 Å². The molecule has 1 rings (SSSR count). The fourth-order valence-corrected chi connectivity index (χ4v) is 1.56. The van der Waals surface area contributed by atoms with Gasteiger partial charge in [0.1, 0.15) is 0 Å². The molecule has 2 nitrogen and oxygen atoms in total. The first-order chi connectivity index (χ1) is 10.4. The van der Waals surface area contributed by atoms with E-state index in [1.54, 1.807) is 30.3 Å². The third kappa shape index (κ3) is 3.73. The number of benzene rings is 1. The predicted molar refractivity (Wildman–Crippen MR) is 64.0 cm³/mol. The SMILES string of the molecule is O=C(NCCc1ccccc1)C(F)(F)C(F)(F)C(F)(F)C(F)F. The molecule has 0 fully saturated rings. The summed E-state index contributed by atoms with van der Waals surface area (Å²) in [6, 6.07) is 7.91. The molecule has 0 aromatic heterocycles. The molecule has 0 radical (unpaired) electrons. The van der Waals surface area contributed by atoms with Crippen LogP contribution in [0.4, 0.5) is 35.1 Å². The Bertz CT molecular complexity index is 532. The summed E-state index contributed by atoms with van der Waals surface area (Å²) in [5.74, 6) is -21.6. The molecule has 0 heterocycles. The maximum atomic E-state index is 13.2. The lowest BCUT2D eigenvalue weighted by Crippen LogP contribution is -2.63. The average Bonchev–Trinajstić information content (AvgIpc) is 2.47. The zero-order chi connectivity index (χ0) is 17.9. The Hall–Kier alpha value is -1.87. The van der Waals surface area contributed by atoms with Gasteiger partial charge in [-0.3, -0.25) is 4.79 Å². The van der Waals surface area contributed by atoms with E-state index in [4.69, 9.17) is 0 Å². The molecule has 130 valence electrons. The number of amides is 1. The van der Waals surface area contributed by atoms with Crippen molar-refractivity contribution in [3.8, 4) is 0 Å². The maximum Gasteiger partial charge on any atom is 0.392 e. The van der Waals surface area contributed by atoms with E-state index in [-0.39, 0.29) is 6.42 Å². The molecule has 0 unspecified atom stereocenters. The predicted octanol–water partition coefficient (Wildman–Crippen LogP) is 3.52. The number of carbonyl (C=O) groups is 1. The number of rotatable bonds is 7. The van der Waals surface area contributed by atoms with Gasteiger partial charge >= 0.3 is 24.2 Å². The van der Waals surface area contributed by atoms with Crippen LogP contribution in [-0.4, -0.2) is 36.6 Å². The highest BCUT2D eigenvalue weighted by Crippen LogP contribution is 2.48. The minimum absolute atomic E-state index is 0.0422. The van der Waals surface area contributed by atoms with Crippen LogP contribution in [-0.2, 0) is 11.2 Å². The highest BCUT2D eigenvalue weighted by molar-refractivity contribution is 5.84. The Morgan fingerprint density at radius 3 is 2.00 bits per heavy atom. The van der Waals surface area contributed by atoms with Crippen molar-refractivity contribution in [2.45, 2.75) is 30.6 Å². The molecule has 0 spiro atoms. The van der Waals surface area contributed by atoms with Crippen molar-refractivity contribution in [1.29, 1.82) is 0 Å². The average molecular weight is 349 g/mol. The Morgan fingerprint density at radius 2 is 1.52 bits per heavy atom. The van der Waals surface area contributed by atoms with Gasteiger partial charge in [-0.15, -0.1) is 0 Å². The molecule has 10 heteroatoms. The van der Waals surface area contributed by atoms with Crippen LogP contribution in [0.1, 0.15) is 5.56 Å². The summed E-state index contributed by atoms with van der Waals surface area (Å²) in [6.45, 7) is -0.561. The van der Waals surface area contributed by atoms with Gasteiger partial charge in [-0.25, -0.2) is 8.78 Å². The highest BCUT2D eigenvalue weighted by atomic mass is 19.4. The summed E-state index contributed by atoms with van der Waals surface area (Å²) < 4.78 is 101. The zero-order valence-corrected chi connectivity index (χ0v) is 11.3. The molecule has 0 aliphatic carbocycles. The first-order valence-corrected chi connectivity index (χ1v) is 6.18. The van der Waals surface area contributed by atoms with E-state index < -0.39 is 36.6 Å². The summed E-state index contributed by atoms with van der Waals surface area (Å²) in [4.78, 5) is 11.1. The number of hydrogen-bond donors (Lipinski definition) is 1. The van der Waals surface area contributed by atoms with Gasteiger partial charge in [0.15, 0.2) is 0 Å². The topological polar surface area (TPSA) is 29.1 Å². The second-order valence-corrected chi connectivity index (χ2v) is 4.56. The first-order valence-electron chi connectivity index (χ1n) is 6.18. The molecule has 0 saturated carbocycles. The van der Waals surface area contributed by atoms with Gasteiger partial charge < -0.3 is 5.32 Å². The molecule has 1 aromatic carbocycles. The van der Waals surface area contributed by atoms with Crippen molar-refractivity contribution in [1.82, 2.24) is 5.32 Å². The highest BCUT2D eigenvalue weighted by Gasteiger charge is 2.78. The van der Waals surface area contributed by atoms with Gasteiger partial charge in [0.2, 0.25) is 0 Å². The summed E-state index contributed by atoms with van der Waals surface area (Å²) in [5, 5.41) is 1.34. The Balaban J connectivity index is 2.76. The van der Waals surface area contributed by atoms with Crippen LogP contribution in [0.25, 0.3) is 0 Å². The fourth-order valence-electron chi connectivity index (χ4n) is 1.56. The zero-order valence-electron chi connectivity index (χ0n) is 11.3. The van der Waals surface area contributed by atoms with E-state index in [2.05, 4.69) is 0 Å². The number of alkyl halides is 8. The number of nitrogens with one attached hydrogen (secondary N) is 1. The molecule has 0 atom stereocenters. The summed E-state index contributed by atoms with van der Waals surface area (Å²) in [7, 11) is 0. The van der Waals surface area contributed by atoms with Crippen molar-refractivity contribution >= 4 is 5.91 Å². The van der Waals surface area contributed by atoms with Crippen molar-refractivity contribution in [3.63, 3.8) is 0 Å². The summed E-state index contributed by atoms with van der Waals surface area (Å²) >= 11 is 0. The lowest BCUT2D eigenvalue weighted by Gasteiger charge is -2.31. The van der Waals surface area contributed by atoms with Crippen LogP contribution >= 0.6 is 0 Å². The minimum atomic E-state index is -6.54. The monoisotopic (exact) mass is 349 g/mol.